The Morgan fingerprint density at radius 3 is 2.59 bits per heavy atom. The topological polar surface area (TPSA) is 52.9 Å². The SMILES string of the molecule is COc1ccc(CC2=NOC(c3ccncc3)C2)cc1OC. The van der Waals surface area contributed by atoms with Crippen LogP contribution in [-0.2, 0) is 11.3 Å². The number of aromatic nitrogens is 1. The Labute approximate surface area is 129 Å². The van der Waals surface area contributed by atoms with E-state index in [-0.39, 0.29) is 6.10 Å². The number of nitrogens with zero attached hydrogens (tertiary/aromatic N) is 2. The number of rotatable bonds is 5. The molecule has 114 valence electrons. The predicted molar refractivity (Wildman–Crippen MR) is 83.4 cm³/mol. The largest absolute Gasteiger partial charge is 0.493 e. The van der Waals surface area contributed by atoms with Gasteiger partial charge in [-0.1, -0.05) is 11.2 Å². The van der Waals surface area contributed by atoms with Crippen molar-refractivity contribution in [2.24, 2.45) is 5.16 Å². The van der Waals surface area contributed by atoms with Gasteiger partial charge in [0.15, 0.2) is 17.6 Å². The van der Waals surface area contributed by atoms with E-state index in [1.54, 1.807) is 26.6 Å². The van der Waals surface area contributed by atoms with Crippen molar-refractivity contribution in [2.75, 3.05) is 14.2 Å². The number of methoxy groups -OCH3 is 2. The average Bonchev–Trinajstić information content (AvgIpc) is 3.04. The van der Waals surface area contributed by atoms with Gasteiger partial charge in [0.05, 0.1) is 19.9 Å². The van der Waals surface area contributed by atoms with Crippen LogP contribution in [-0.4, -0.2) is 24.9 Å². The minimum absolute atomic E-state index is 0.0156. The molecule has 1 aliphatic heterocycles. The van der Waals surface area contributed by atoms with Gasteiger partial charge in [-0.15, -0.1) is 0 Å². The molecule has 1 atom stereocenters. The first-order valence-corrected chi connectivity index (χ1v) is 7.12. The van der Waals surface area contributed by atoms with E-state index >= 15 is 0 Å². The lowest BCUT2D eigenvalue weighted by Crippen LogP contribution is -2.03. The molecule has 5 heteroatoms. The molecule has 0 spiro atoms. The molecule has 1 unspecified atom stereocenters. The Morgan fingerprint density at radius 1 is 1.09 bits per heavy atom. The van der Waals surface area contributed by atoms with E-state index in [9.17, 15) is 0 Å². The van der Waals surface area contributed by atoms with E-state index in [0.717, 1.165) is 41.2 Å². The molecule has 0 bridgehead atoms. The molecule has 0 radical (unpaired) electrons. The van der Waals surface area contributed by atoms with E-state index in [1.165, 1.54) is 0 Å². The van der Waals surface area contributed by atoms with Crippen molar-refractivity contribution in [2.45, 2.75) is 18.9 Å². The van der Waals surface area contributed by atoms with Crippen LogP contribution in [0.2, 0.25) is 0 Å². The lowest BCUT2D eigenvalue weighted by Gasteiger charge is -2.09. The number of hydrogen-bond donors (Lipinski definition) is 0. The number of ether oxygens (including phenoxy) is 2. The van der Waals surface area contributed by atoms with Crippen LogP contribution in [0.3, 0.4) is 0 Å². The zero-order valence-corrected chi connectivity index (χ0v) is 12.7. The van der Waals surface area contributed by atoms with E-state index in [0.29, 0.717) is 0 Å². The van der Waals surface area contributed by atoms with Gasteiger partial charge < -0.3 is 14.3 Å². The Kier molecular flexibility index (Phi) is 4.23. The second kappa shape index (κ2) is 6.47. The summed E-state index contributed by atoms with van der Waals surface area (Å²) in [5.74, 6) is 1.45. The van der Waals surface area contributed by atoms with Crippen LogP contribution >= 0.6 is 0 Å². The second-order valence-corrected chi connectivity index (χ2v) is 5.10. The van der Waals surface area contributed by atoms with Gasteiger partial charge in [0, 0.05) is 25.2 Å². The molecule has 0 amide bonds. The van der Waals surface area contributed by atoms with Gasteiger partial charge in [-0.25, -0.2) is 0 Å². The summed E-state index contributed by atoms with van der Waals surface area (Å²) in [6.45, 7) is 0. The number of pyridine rings is 1. The molecule has 2 aromatic rings. The lowest BCUT2D eigenvalue weighted by atomic mass is 10.0. The van der Waals surface area contributed by atoms with Gasteiger partial charge in [-0.3, -0.25) is 4.98 Å². The highest BCUT2D eigenvalue weighted by Gasteiger charge is 2.23. The number of oxime groups is 1. The van der Waals surface area contributed by atoms with Crippen LogP contribution in [0.5, 0.6) is 11.5 Å². The summed E-state index contributed by atoms with van der Waals surface area (Å²) in [6, 6.07) is 9.81. The minimum atomic E-state index is -0.0156. The monoisotopic (exact) mass is 298 g/mol. The Hall–Kier alpha value is -2.56. The normalized spacial score (nSPS) is 16.8. The third kappa shape index (κ3) is 3.03. The summed E-state index contributed by atoms with van der Waals surface area (Å²) in [6.07, 6.45) is 5.05. The van der Waals surface area contributed by atoms with E-state index < -0.39 is 0 Å². The maximum Gasteiger partial charge on any atom is 0.160 e. The molecular formula is C17H18N2O3. The van der Waals surface area contributed by atoms with E-state index in [1.807, 2.05) is 30.3 Å². The van der Waals surface area contributed by atoms with Gasteiger partial charge in [0.25, 0.3) is 0 Å². The predicted octanol–water partition coefficient (Wildman–Crippen LogP) is 3.16. The fourth-order valence-corrected chi connectivity index (χ4v) is 2.51. The van der Waals surface area contributed by atoms with Gasteiger partial charge in [0.1, 0.15) is 0 Å². The summed E-state index contributed by atoms with van der Waals surface area (Å²) in [5, 5.41) is 4.21. The van der Waals surface area contributed by atoms with Crippen LogP contribution in [0.1, 0.15) is 23.7 Å². The van der Waals surface area contributed by atoms with Crippen molar-refractivity contribution in [1.29, 1.82) is 0 Å². The standard InChI is InChI=1S/C17H18N2O3/c1-20-15-4-3-12(10-17(15)21-2)9-14-11-16(22-19-14)13-5-7-18-8-6-13/h3-8,10,16H,9,11H2,1-2H3. The molecule has 2 heterocycles. The summed E-state index contributed by atoms with van der Waals surface area (Å²) >= 11 is 0. The molecule has 0 fully saturated rings. The first kappa shape index (κ1) is 14.4. The van der Waals surface area contributed by atoms with Gasteiger partial charge in [-0.05, 0) is 35.4 Å². The number of benzene rings is 1. The van der Waals surface area contributed by atoms with Crippen molar-refractivity contribution >= 4 is 5.71 Å². The summed E-state index contributed by atoms with van der Waals surface area (Å²) < 4.78 is 10.6. The smallest absolute Gasteiger partial charge is 0.160 e. The third-order valence-corrected chi connectivity index (χ3v) is 3.66. The molecule has 3 rings (SSSR count). The van der Waals surface area contributed by atoms with Crippen LogP contribution in [0.25, 0.3) is 0 Å². The van der Waals surface area contributed by atoms with Crippen LogP contribution in [0, 0.1) is 0 Å². The third-order valence-electron chi connectivity index (χ3n) is 3.66. The first-order valence-electron chi connectivity index (χ1n) is 7.12. The van der Waals surface area contributed by atoms with E-state index in [4.69, 9.17) is 14.3 Å². The number of hydrogen-bond acceptors (Lipinski definition) is 5. The van der Waals surface area contributed by atoms with Crippen molar-refractivity contribution < 1.29 is 14.3 Å². The maximum absolute atomic E-state index is 5.53. The van der Waals surface area contributed by atoms with Crippen molar-refractivity contribution in [3.05, 3.63) is 53.9 Å². The van der Waals surface area contributed by atoms with E-state index in [2.05, 4.69) is 10.1 Å². The summed E-state index contributed by atoms with van der Waals surface area (Å²) in [7, 11) is 3.27. The zero-order chi connectivity index (χ0) is 15.4. The minimum Gasteiger partial charge on any atom is -0.493 e. The van der Waals surface area contributed by atoms with Gasteiger partial charge >= 0.3 is 0 Å². The van der Waals surface area contributed by atoms with Gasteiger partial charge in [-0.2, -0.15) is 0 Å². The molecule has 1 aromatic heterocycles. The second-order valence-electron chi connectivity index (χ2n) is 5.10. The van der Waals surface area contributed by atoms with Crippen molar-refractivity contribution in [3.63, 3.8) is 0 Å². The molecule has 5 nitrogen and oxygen atoms in total. The van der Waals surface area contributed by atoms with Crippen LogP contribution in [0.4, 0.5) is 0 Å². The van der Waals surface area contributed by atoms with Crippen molar-refractivity contribution in [1.82, 2.24) is 4.98 Å². The highest BCUT2D eigenvalue weighted by Crippen LogP contribution is 2.30. The molecule has 0 saturated carbocycles. The highest BCUT2D eigenvalue weighted by molar-refractivity contribution is 5.87. The first-order chi connectivity index (χ1) is 10.8. The Bertz CT molecular complexity index is 671. The summed E-state index contributed by atoms with van der Waals surface area (Å²) in [5.41, 5.74) is 3.24. The summed E-state index contributed by atoms with van der Waals surface area (Å²) in [4.78, 5) is 9.55. The Morgan fingerprint density at radius 2 is 1.86 bits per heavy atom. The zero-order valence-electron chi connectivity index (χ0n) is 12.7. The average molecular weight is 298 g/mol. The molecule has 0 aliphatic carbocycles. The molecule has 1 aromatic carbocycles. The van der Waals surface area contributed by atoms with Crippen molar-refractivity contribution in [3.8, 4) is 11.5 Å². The molecule has 0 N–H and O–H groups in total. The van der Waals surface area contributed by atoms with Crippen LogP contribution < -0.4 is 9.47 Å². The van der Waals surface area contributed by atoms with Crippen LogP contribution in [0.15, 0.2) is 47.9 Å². The molecular weight excluding hydrogens is 280 g/mol. The Balaban J connectivity index is 1.67. The molecule has 1 aliphatic rings. The lowest BCUT2D eigenvalue weighted by molar-refractivity contribution is 0.0856. The fourth-order valence-electron chi connectivity index (χ4n) is 2.51. The molecule has 0 saturated heterocycles. The fraction of sp³-hybridized carbons (Fsp3) is 0.294. The highest BCUT2D eigenvalue weighted by atomic mass is 16.6. The quantitative estimate of drug-likeness (QED) is 0.851. The maximum atomic E-state index is 5.53. The molecule has 22 heavy (non-hydrogen) atoms. The van der Waals surface area contributed by atoms with Gasteiger partial charge in [0.2, 0.25) is 0 Å².